The molecule has 0 fully saturated rings. The smallest absolute Gasteiger partial charge is 0.326 e. The van der Waals surface area contributed by atoms with Gasteiger partial charge >= 0.3 is 11.9 Å². The van der Waals surface area contributed by atoms with Crippen molar-refractivity contribution in [1.82, 2.24) is 10.6 Å². The molecule has 0 aromatic heterocycles. The maximum Gasteiger partial charge on any atom is 0.326 e. The van der Waals surface area contributed by atoms with Gasteiger partial charge in [0.1, 0.15) is 12.1 Å². The number of hydrogen-bond donors (Lipinski definition) is 6. The number of amides is 4. The van der Waals surface area contributed by atoms with E-state index in [2.05, 4.69) is 10.6 Å². The van der Waals surface area contributed by atoms with Crippen LogP contribution in [0.25, 0.3) is 0 Å². The van der Waals surface area contributed by atoms with Gasteiger partial charge in [-0.1, -0.05) is 0 Å². The van der Waals surface area contributed by atoms with Crippen LogP contribution in [0.1, 0.15) is 39.5 Å². The van der Waals surface area contributed by atoms with Gasteiger partial charge in [0.05, 0.1) is 0 Å². The van der Waals surface area contributed by atoms with Gasteiger partial charge in [-0.15, -0.1) is 0 Å². The lowest BCUT2D eigenvalue weighted by atomic mass is 10.1. The van der Waals surface area contributed by atoms with Crippen LogP contribution in [-0.4, -0.2) is 57.9 Å². The highest BCUT2D eigenvalue weighted by Crippen LogP contribution is 1.97. The van der Waals surface area contributed by atoms with Gasteiger partial charge in [-0.25, -0.2) is 9.59 Å². The number of carbonyl (C=O) groups is 6. The summed E-state index contributed by atoms with van der Waals surface area (Å²) in [6, 6.07) is -2.07. The van der Waals surface area contributed by atoms with E-state index in [1.165, 1.54) is 13.8 Å². The zero-order valence-corrected chi connectivity index (χ0v) is 14.5. The number of rotatable bonds is 10. The quantitative estimate of drug-likeness (QED) is 0.242. The minimum atomic E-state index is -1.17. The number of aliphatic carboxylic acids is 2. The highest BCUT2D eigenvalue weighted by molar-refractivity contribution is 5.83. The van der Waals surface area contributed by atoms with E-state index in [4.69, 9.17) is 21.7 Å². The molecule has 0 bridgehead atoms. The molecule has 0 rings (SSSR count). The van der Waals surface area contributed by atoms with Crippen molar-refractivity contribution in [2.75, 3.05) is 0 Å². The molecule has 4 amide bonds. The Labute approximate surface area is 149 Å². The molecule has 0 unspecified atom stereocenters. The third-order valence-corrected chi connectivity index (χ3v) is 2.71. The van der Waals surface area contributed by atoms with Crippen LogP contribution in [0.5, 0.6) is 0 Å². The van der Waals surface area contributed by atoms with Crippen molar-refractivity contribution in [2.45, 2.75) is 51.6 Å². The number of nitrogens with two attached hydrogens (primary N) is 2. The Balaban J connectivity index is 0. The molecule has 0 aliphatic rings. The normalized spacial score (nSPS) is 11.8. The predicted molar refractivity (Wildman–Crippen MR) is 87.3 cm³/mol. The van der Waals surface area contributed by atoms with Gasteiger partial charge in [-0.2, -0.15) is 0 Å². The number of carboxylic acid groups (broad SMARTS) is 2. The van der Waals surface area contributed by atoms with E-state index in [1.54, 1.807) is 0 Å². The Morgan fingerprint density at radius 3 is 1.15 bits per heavy atom. The average molecular weight is 376 g/mol. The Hall–Kier alpha value is -3.18. The van der Waals surface area contributed by atoms with Crippen molar-refractivity contribution in [3.8, 4) is 0 Å². The van der Waals surface area contributed by atoms with E-state index in [9.17, 15) is 28.8 Å². The first-order valence-corrected chi connectivity index (χ1v) is 7.43. The molecular weight excluding hydrogens is 352 g/mol. The third kappa shape index (κ3) is 15.7. The Morgan fingerprint density at radius 1 is 0.731 bits per heavy atom. The summed E-state index contributed by atoms with van der Waals surface area (Å²) in [5.74, 6) is -4.41. The van der Waals surface area contributed by atoms with Crippen LogP contribution >= 0.6 is 0 Å². The Morgan fingerprint density at radius 2 is 1.00 bits per heavy atom. The van der Waals surface area contributed by atoms with Crippen molar-refractivity contribution >= 4 is 35.6 Å². The van der Waals surface area contributed by atoms with Crippen molar-refractivity contribution in [2.24, 2.45) is 11.5 Å². The Kier molecular flexibility index (Phi) is 12.7. The van der Waals surface area contributed by atoms with Crippen molar-refractivity contribution in [1.29, 1.82) is 0 Å². The van der Waals surface area contributed by atoms with Gasteiger partial charge in [0.15, 0.2) is 0 Å². The standard InChI is InChI=1S/2C7H12N2O4/c2*1-4(10)9-5(7(12)13)2-3-6(8)11/h2*5H,2-3H2,1H3,(H2,8,11)(H,9,10)(H,12,13)/t2*5-/m00/s1. The molecule has 12 heteroatoms. The second-order valence-electron chi connectivity index (χ2n) is 5.19. The van der Waals surface area contributed by atoms with Crippen molar-refractivity contribution in [3.05, 3.63) is 0 Å². The molecule has 0 spiro atoms. The number of carboxylic acids is 2. The van der Waals surface area contributed by atoms with E-state index >= 15 is 0 Å². The summed E-state index contributed by atoms with van der Waals surface area (Å²) in [5, 5.41) is 21.5. The van der Waals surface area contributed by atoms with Gasteiger partial charge < -0.3 is 32.3 Å². The topological polar surface area (TPSA) is 219 Å². The van der Waals surface area contributed by atoms with Gasteiger partial charge in [0.2, 0.25) is 23.6 Å². The fraction of sp³-hybridized carbons (Fsp3) is 0.571. The molecule has 0 aromatic carbocycles. The molecule has 0 heterocycles. The summed E-state index contributed by atoms with van der Waals surface area (Å²) in [5.41, 5.74) is 9.65. The fourth-order valence-electron chi connectivity index (χ4n) is 1.58. The number of nitrogens with one attached hydrogen (secondary N) is 2. The van der Waals surface area contributed by atoms with Gasteiger partial charge in [0, 0.05) is 26.7 Å². The first-order valence-electron chi connectivity index (χ1n) is 7.43. The van der Waals surface area contributed by atoms with E-state index in [0.717, 1.165) is 0 Å². The Bertz CT molecular complexity index is 501. The molecule has 0 saturated heterocycles. The summed E-state index contributed by atoms with van der Waals surface area (Å²) in [6.45, 7) is 2.42. The summed E-state index contributed by atoms with van der Waals surface area (Å²) in [7, 11) is 0. The lowest BCUT2D eigenvalue weighted by molar-refractivity contribution is -0.142. The van der Waals surface area contributed by atoms with Gasteiger partial charge in [-0.3, -0.25) is 19.2 Å². The highest BCUT2D eigenvalue weighted by atomic mass is 16.4. The first kappa shape index (κ1) is 25.1. The molecule has 0 aromatic rings. The number of hydrogen-bond acceptors (Lipinski definition) is 6. The van der Waals surface area contributed by atoms with Gasteiger partial charge in [-0.05, 0) is 12.8 Å². The maximum absolute atomic E-state index is 10.5. The average Bonchev–Trinajstić information content (AvgIpc) is 2.46. The lowest BCUT2D eigenvalue weighted by Crippen LogP contribution is -2.40. The number of carbonyl (C=O) groups excluding carboxylic acids is 4. The summed E-state index contributed by atoms with van der Waals surface area (Å²) >= 11 is 0. The predicted octanol–water partition coefficient (Wildman–Crippen LogP) is -2.32. The molecule has 0 aliphatic carbocycles. The number of primary amides is 2. The van der Waals surface area contributed by atoms with Crippen LogP contribution in [0.3, 0.4) is 0 Å². The summed E-state index contributed by atoms with van der Waals surface area (Å²) in [6.07, 6.45) is -0.0804. The fourth-order valence-corrected chi connectivity index (χ4v) is 1.58. The molecule has 8 N–H and O–H groups in total. The second kappa shape index (κ2) is 13.1. The first-order chi connectivity index (χ1) is 11.9. The zero-order valence-electron chi connectivity index (χ0n) is 14.5. The summed E-state index contributed by atoms with van der Waals surface area (Å²) in [4.78, 5) is 62.6. The van der Waals surface area contributed by atoms with E-state index in [-0.39, 0.29) is 25.7 Å². The molecule has 0 radical (unpaired) electrons. The summed E-state index contributed by atoms with van der Waals surface area (Å²) < 4.78 is 0. The van der Waals surface area contributed by atoms with E-state index in [1.807, 2.05) is 0 Å². The molecule has 0 saturated carbocycles. The molecule has 0 aliphatic heterocycles. The largest absolute Gasteiger partial charge is 0.480 e. The van der Waals surface area contributed by atoms with Crippen LogP contribution in [-0.2, 0) is 28.8 Å². The zero-order chi connectivity index (χ0) is 20.9. The molecular formula is C14H24N4O8. The minimum Gasteiger partial charge on any atom is -0.480 e. The molecule has 2 atom stereocenters. The van der Waals surface area contributed by atoms with Crippen LogP contribution in [0, 0.1) is 0 Å². The lowest BCUT2D eigenvalue weighted by Gasteiger charge is -2.11. The third-order valence-electron chi connectivity index (χ3n) is 2.71. The van der Waals surface area contributed by atoms with Crippen LogP contribution in [0.4, 0.5) is 0 Å². The maximum atomic E-state index is 10.5. The van der Waals surface area contributed by atoms with E-state index in [0.29, 0.717) is 0 Å². The van der Waals surface area contributed by atoms with Crippen LogP contribution in [0.15, 0.2) is 0 Å². The minimum absolute atomic E-state index is 0.0181. The van der Waals surface area contributed by atoms with E-state index < -0.39 is 47.7 Å². The van der Waals surface area contributed by atoms with Crippen molar-refractivity contribution < 1.29 is 39.0 Å². The van der Waals surface area contributed by atoms with Crippen LogP contribution < -0.4 is 22.1 Å². The van der Waals surface area contributed by atoms with Crippen LogP contribution in [0.2, 0.25) is 0 Å². The second-order valence-corrected chi connectivity index (χ2v) is 5.19. The van der Waals surface area contributed by atoms with Crippen molar-refractivity contribution in [3.63, 3.8) is 0 Å². The highest BCUT2D eigenvalue weighted by Gasteiger charge is 2.19. The monoisotopic (exact) mass is 376 g/mol. The molecule has 12 nitrogen and oxygen atoms in total. The van der Waals surface area contributed by atoms with Gasteiger partial charge in [0.25, 0.3) is 0 Å². The molecule has 26 heavy (non-hydrogen) atoms. The SMILES string of the molecule is CC(=O)N[C@@H](CCC(N)=O)C(=O)O.CC(=O)N[C@@H](CCC(N)=O)C(=O)O. The molecule has 148 valence electrons.